The number of rotatable bonds is 9. The van der Waals surface area contributed by atoms with Crippen molar-refractivity contribution in [1.29, 1.82) is 5.26 Å². The van der Waals surface area contributed by atoms with E-state index >= 15 is 0 Å². The maximum Gasteiger partial charge on any atom is 0.413 e. The number of nitrogens with zero attached hydrogens (tertiary/aromatic N) is 4. The van der Waals surface area contributed by atoms with Crippen molar-refractivity contribution in [2.75, 3.05) is 52.5 Å². The van der Waals surface area contributed by atoms with Gasteiger partial charge in [0.05, 0.1) is 25.9 Å². The Hall–Kier alpha value is -2.38. The van der Waals surface area contributed by atoms with Crippen LogP contribution in [0.2, 0.25) is 0 Å². The summed E-state index contributed by atoms with van der Waals surface area (Å²) in [4.78, 5) is 36.3. The lowest BCUT2D eigenvalue weighted by atomic mass is 9.64. The van der Waals surface area contributed by atoms with Crippen LogP contribution in [0.3, 0.4) is 0 Å². The summed E-state index contributed by atoms with van der Waals surface area (Å²) in [5, 5.41) is 16.0. The molecule has 2 amide bonds. The molecule has 0 aromatic heterocycles. The Morgan fingerprint density at radius 2 is 1.62 bits per heavy atom. The van der Waals surface area contributed by atoms with Gasteiger partial charge in [0.15, 0.2) is 0 Å². The summed E-state index contributed by atoms with van der Waals surface area (Å²) in [5.74, 6) is 0.128. The molecule has 2 aliphatic heterocycles. The van der Waals surface area contributed by atoms with Crippen LogP contribution < -0.4 is 10.6 Å². The van der Waals surface area contributed by atoms with Gasteiger partial charge in [-0.2, -0.15) is 5.26 Å². The van der Waals surface area contributed by atoms with Crippen LogP contribution in [0.25, 0.3) is 0 Å². The zero-order chi connectivity index (χ0) is 30.1. The molecule has 0 bridgehead atoms. The summed E-state index contributed by atoms with van der Waals surface area (Å²) in [6, 6.07) is 1.66. The average molecular weight is 587 g/mol. The summed E-state index contributed by atoms with van der Waals surface area (Å²) in [6.45, 7) is 12.5. The zero-order valence-corrected chi connectivity index (χ0v) is 26.3. The van der Waals surface area contributed by atoms with Crippen molar-refractivity contribution in [3.63, 3.8) is 0 Å². The standard InChI is InChI=1S/C32H54N6O4/c1-30(2)12-14-31(3,15-13-30)24-26(27(39)36-32(25-33)10-5-6-11-32)34-28(38-19-22-41-23-20-38)35-29(40)42-21-9-18-37-16-7-4-8-17-37/h26H,4-24H2,1-3H3,(H,36,39)(H,34,35,40). The fraction of sp³-hybridized carbons (Fsp3) is 0.875. The van der Waals surface area contributed by atoms with Crippen LogP contribution in [-0.2, 0) is 14.3 Å². The number of guanidine groups is 1. The number of piperidine rings is 1. The van der Waals surface area contributed by atoms with Crippen molar-refractivity contribution in [2.45, 2.75) is 116 Å². The van der Waals surface area contributed by atoms with E-state index < -0.39 is 17.7 Å². The minimum atomic E-state index is -0.833. The van der Waals surface area contributed by atoms with Crippen LogP contribution in [0.5, 0.6) is 0 Å². The SMILES string of the molecule is CC1(C)CCC(C)(CC(/N=C(/NC(=O)OCCCN2CCCCC2)N2CCOCC2)C(=O)NC2(C#N)CCCC2)CC1. The van der Waals surface area contributed by atoms with Crippen molar-refractivity contribution in [2.24, 2.45) is 15.8 Å². The van der Waals surface area contributed by atoms with Gasteiger partial charge in [0.1, 0.15) is 11.6 Å². The lowest BCUT2D eigenvalue weighted by molar-refractivity contribution is -0.124. The fourth-order valence-corrected chi connectivity index (χ4v) is 6.84. The molecule has 2 saturated carbocycles. The van der Waals surface area contributed by atoms with E-state index in [1.54, 1.807) is 0 Å². The van der Waals surface area contributed by atoms with Crippen molar-refractivity contribution in [3.8, 4) is 6.07 Å². The lowest BCUT2D eigenvalue weighted by Gasteiger charge is -2.42. The van der Waals surface area contributed by atoms with Gasteiger partial charge in [0.25, 0.3) is 0 Å². The molecule has 1 unspecified atom stereocenters. The first kappa shape index (κ1) is 32.5. The summed E-state index contributed by atoms with van der Waals surface area (Å²) < 4.78 is 11.1. The minimum absolute atomic E-state index is 0.0540. The number of likely N-dealkylation sites (tertiary alicyclic amines) is 1. The number of amides is 2. The number of alkyl carbamates (subject to hydrolysis) is 1. The minimum Gasteiger partial charge on any atom is -0.449 e. The van der Waals surface area contributed by atoms with E-state index in [1.807, 2.05) is 4.90 Å². The van der Waals surface area contributed by atoms with E-state index in [9.17, 15) is 14.9 Å². The third-order valence-corrected chi connectivity index (χ3v) is 9.94. The second-order valence-electron chi connectivity index (χ2n) is 14.2. The first-order chi connectivity index (χ1) is 20.1. The number of aliphatic imine (C=N–C) groups is 1. The van der Waals surface area contributed by atoms with Gasteiger partial charge >= 0.3 is 6.09 Å². The summed E-state index contributed by atoms with van der Waals surface area (Å²) in [5.41, 5.74) is -0.588. The fourth-order valence-electron chi connectivity index (χ4n) is 6.84. The topological polar surface area (TPSA) is 119 Å². The molecule has 2 saturated heterocycles. The molecule has 0 aromatic rings. The molecular formula is C32H54N6O4. The van der Waals surface area contributed by atoms with Gasteiger partial charge in [0, 0.05) is 19.6 Å². The molecule has 1 atom stereocenters. The zero-order valence-electron chi connectivity index (χ0n) is 26.3. The number of hydrogen-bond acceptors (Lipinski definition) is 7. The molecule has 0 radical (unpaired) electrons. The van der Waals surface area contributed by atoms with Gasteiger partial charge in [0.2, 0.25) is 11.9 Å². The summed E-state index contributed by atoms with van der Waals surface area (Å²) in [6.07, 6.45) is 12.0. The molecule has 4 fully saturated rings. The number of nitriles is 1. The van der Waals surface area contributed by atoms with E-state index in [4.69, 9.17) is 14.5 Å². The number of carbonyl (C=O) groups excluding carboxylic acids is 2. The van der Waals surface area contributed by atoms with Gasteiger partial charge in [-0.25, -0.2) is 9.79 Å². The highest BCUT2D eigenvalue weighted by atomic mass is 16.5. The maximum atomic E-state index is 13.9. The molecule has 4 rings (SSSR count). The second-order valence-corrected chi connectivity index (χ2v) is 14.2. The Balaban J connectivity index is 1.48. The van der Waals surface area contributed by atoms with Crippen molar-refractivity contribution in [1.82, 2.24) is 20.4 Å². The summed E-state index contributed by atoms with van der Waals surface area (Å²) in [7, 11) is 0. The predicted molar refractivity (Wildman–Crippen MR) is 163 cm³/mol. The highest BCUT2D eigenvalue weighted by molar-refractivity contribution is 5.96. The van der Waals surface area contributed by atoms with Gasteiger partial charge in [-0.05, 0) is 101 Å². The smallest absolute Gasteiger partial charge is 0.413 e. The first-order valence-electron chi connectivity index (χ1n) is 16.4. The van der Waals surface area contributed by atoms with Gasteiger partial charge in [-0.1, -0.05) is 27.2 Å². The first-order valence-corrected chi connectivity index (χ1v) is 16.4. The Kier molecular flexibility index (Phi) is 11.5. The number of carbonyl (C=O) groups is 2. The van der Waals surface area contributed by atoms with Crippen LogP contribution >= 0.6 is 0 Å². The lowest BCUT2D eigenvalue weighted by Crippen LogP contribution is -2.53. The molecule has 10 heteroatoms. The molecule has 4 aliphatic rings. The summed E-state index contributed by atoms with van der Waals surface area (Å²) >= 11 is 0. The van der Waals surface area contributed by atoms with Crippen LogP contribution in [0, 0.1) is 22.2 Å². The van der Waals surface area contributed by atoms with E-state index in [2.05, 4.69) is 42.4 Å². The molecule has 236 valence electrons. The Bertz CT molecular complexity index is 964. The van der Waals surface area contributed by atoms with Crippen LogP contribution in [0.4, 0.5) is 4.79 Å². The van der Waals surface area contributed by atoms with E-state index in [0.717, 1.165) is 64.6 Å². The largest absolute Gasteiger partial charge is 0.449 e. The molecule has 10 nitrogen and oxygen atoms in total. The van der Waals surface area contributed by atoms with E-state index in [0.29, 0.717) is 63.5 Å². The van der Waals surface area contributed by atoms with E-state index in [1.165, 1.54) is 19.3 Å². The number of ether oxygens (including phenoxy) is 2. The van der Waals surface area contributed by atoms with Crippen LogP contribution in [0.1, 0.15) is 104 Å². The normalized spacial score (nSPS) is 24.8. The van der Waals surface area contributed by atoms with Crippen molar-refractivity contribution in [3.05, 3.63) is 0 Å². The Morgan fingerprint density at radius 1 is 0.952 bits per heavy atom. The second kappa shape index (κ2) is 14.9. The third-order valence-electron chi connectivity index (χ3n) is 9.94. The average Bonchev–Trinajstić information content (AvgIpc) is 3.46. The predicted octanol–water partition coefficient (Wildman–Crippen LogP) is 4.59. The molecule has 0 aromatic carbocycles. The van der Waals surface area contributed by atoms with Crippen LogP contribution in [-0.4, -0.2) is 91.9 Å². The molecular weight excluding hydrogens is 532 g/mol. The maximum absolute atomic E-state index is 13.9. The quantitative estimate of drug-likeness (QED) is 0.230. The molecule has 42 heavy (non-hydrogen) atoms. The molecule has 2 heterocycles. The molecule has 0 spiro atoms. The number of morpholine rings is 1. The molecule has 2 N–H and O–H groups in total. The van der Waals surface area contributed by atoms with Gasteiger partial charge in [-0.3, -0.25) is 10.1 Å². The van der Waals surface area contributed by atoms with Gasteiger partial charge in [-0.15, -0.1) is 0 Å². The van der Waals surface area contributed by atoms with Crippen molar-refractivity contribution >= 4 is 18.0 Å². The molecule has 2 aliphatic carbocycles. The monoisotopic (exact) mass is 586 g/mol. The third kappa shape index (κ3) is 9.57. The Labute approximate surface area is 252 Å². The number of hydrogen-bond donors (Lipinski definition) is 2. The van der Waals surface area contributed by atoms with E-state index in [-0.39, 0.29) is 11.3 Å². The van der Waals surface area contributed by atoms with Gasteiger partial charge < -0.3 is 24.6 Å². The number of nitrogens with one attached hydrogen (secondary N) is 2. The van der Waals surface area contributed by atoms with Crippen molar-refractivity contribution < 1.29 is 19.1 Å². The Morgan fingerprint density at radius 3 is 2.26 bits per heavy atom. The van der Waals surface area contributed by atoms with Crippen LogP contribution in [0.15, 0.2) is 4.99 Å². The highest BCUT2D eigenvalue weighted by Gasteiger charge is 2.41. The highest BCUT2D eigenvalue weighted by Crippen LogP contribution is 2.47.